The van der Waals surface area contributed by atoms with Crippen molar-refractivity contribution in [2.75, 3.05) is 39.3 Å². The number of morpholine rings is 1. The van der Waals surface area contributed by atoms with E-state index in [0.717, 1.165) is 51.7 Å². The topological polar surface area (TPSA) is 66.7 Å². The lowest BCUT2D eigenvalue weighted by atomic mass is 10.2. The van der Waals surface area contributed by atoms with Crippen LogP contribution in [0.5, 0.6) is 0 Å². The predicted octanol–water partition coefficient (Wildman–Crippen LogP) is 1.31. The maximum absolute atomic E-state index is 5.98. The monoisotopic (exact) mass is 462 g/mol. The first-order valence-corrected chi connectivity index (χ1v) is 9.20. The molecule has 0 amide bonds. The quantitative estimate of drug-likeness (QED) is 0.277. The Morgan fingerprint density at radius 1 is 1.40 bits per heavy atom. The number of halogens is 1. The summed E-state index contributed by atoms with van der Waals surface area (Å²) in [6.45, 7) is 8.59. The van der Waals surface area contributed by atoms with E-state index >= 15 is 0 Å². The van der Waals surface area contributed by atoms with Gasteiger partial charge in [0.25, 0.3) is 0 Å². The SMILES string of the molecule is CCNC(=NCC1CN2CCCC2CO1)NCCCn1cccn1.I. The molecule has 3 heterocycles. The van der Waals surface area contributed by atoms with E-state index in [9.17, 15) is 0 Å². The number of nitrogens with one attached hydrogen (secondary N) is 2. The van der Waals surface area contributed by atoms with Crippen LogP contribution in [0, 0.1) is 0 Å². The van der Waals surface area contributed by atoms with Crippen LogP contribution in [-0.4, -0.2) is 72.1 Å². The Balaban J connectivity index is 0.00000225. The van der Waals surface area contributed by atoms with Crippen molar-refractivity contribution in [3.8, 4) is 0 Å². The zero-order valence-electron chi connectivity index (χ0n) is 15.1. The van der Waals surface area contributed by atoms with Crippen molar-refractivity contribution in [3.05, 3.63) is 18.5 Å². The van der Waals surface area contributed by atoms with Crippen molar-refractivity contribution in [2.45, 2.75) is 44.9 Å². The van der Waals surface area contributed by atoms with Gasteiger partial charge in [0.05, 0.1) is 19.3 Å². The van der Waals surface area contributed by atoms with E-state index in [4.69, 9.17) is 9.73 Å². The first-order valence-electron chi connectivity index (χ1n) is 9.20. The third-order valence-corrected chi connectivity index (χ3v) is 4.67. The van der Waals surface area contributed by atoms with Gasteiger partial charge in [0, 0.05) is 44.6 Å². The molecule has 0 aromatic carbocycles. The molecule has 0 bridgehead atoms. The first kappa shape index (κ1) is 20.4. The molecule has 2 unspecified atom stereocenters. The van der Waals surface area contributed by atoms with Gasteiger partial charge in [0.15, 0.2) is 5.96 Å². The van der Waals surface area contributed by atoms with E-state index in [1.54, 1.807) is 0 Å². The minimum atomic E-state index is 0. The van der Waals surface area contributed by atoms with Crippen molar-refractivity contribution in [1.29, 1.82) is 0 Å². The van der Waals surface area contributed by atoms with Crippen molar-refractivity contribution in [1.82, 2.24) is 25.3 Å². The lowest BCUT2D eigenvalue weighted by Crippen LogP contribution is -2.47. The van der Waals surface area contributed by atoms with E-state index in [2.05, 4.69) is 27.6 Å². The molecule has 0 radical (unpaired) electrons. The normalized spacial score (nSPS) is 23.8. The minimum Gasteiger partial charge on any atom is -0.373 e. The first-order chi connectivity index (χ1) is 11.8. The van der Waals surface area contributed by atoms with Crippen LogP contribution in [0.25, 0.3) is 0 Å². The molecular formula is C17H31IN6O. The Hall–Kier alpha value is -0.870. The number of hydrogen-bond donors (Lipinski definition) is 2. The van der Waals surface area contributed by atoms with Crippen LogP contribution < -0.4 is 10.6 Å². The summed E-state index contributed by atoms with van der Waals surface area (Å²) in [5.41, 5.74) is 0. The van der Waals surface area contributed by atoms with Crippen molar-refractivity contribution in [3.63, 3.8) is 0 Å². The van der Waals surface area contributed by atoms with Gasteiger partial charge >= 0.3 is 0 Å². The number of aromatic nitrogens is 2. The highest BCUT2D eigenvalue weighted by atomic mass is 127. The minimum absolute atomic E-state index is 0. The molecule has 8 heteroatoms. The second-order valence-electron chi connectivity index (χ2n) is 6.52. The molecule has 0 saturated carbocycles. The summed E-state index contributed by atoms with van der Waals surface area (Å²) in [4.78, 5) is 7.27. The number of aliphatic imine (C=N–C) groups is 1. The van der Waals surface area contributed by atoms with Gasteiger partial charge in [0.2, 0.25) is 0 Å². The van der Waals surface area contributed by atoms with E-state index in [-0.39, 0.29) is 30.1 Å². The summed E-state index contributed by atoms with van der Waals surface area (Å²) in [5, 5.41) is 10.9. The maximum Gasteiger partial charge on any atom is 0.191 e. The van der Waals surface area contributed by atoms with Gasteiger partial charge in [-0.15, -0.1) is 24.0 Å². The van der Waals surface area contributed by atoms with Crippen molar-refractivity contribution in [2.24, 2.45) is 4.99 Å². The van der Waals surface area contributed by atoms with Gasteiger partial charge in [-0.3, -0.25) is 14.6 Å². The molecule has 1 aromatic heterocycles. The van der Waals surface area contributed by atoms with Crippen molar-refractivity contribution < 1.29 is 4.74 Å². The second-order valence-corrected chi connectivity index (χ2v) is 6.52. The third-order valence-electron chi connectivity index (χ3n) is 4.67. The van der Waals surface area contributed by atoms with Crippen molar-refractivity contribution >= 4 is 29.9 Å². The highest BCUT2D eigenvalue weighted by Crippen LogP contribution is 2.22. The number of rotatable bonds is 7. The number of hydrogen-bond acceptors (Lipinski definition) is 4. The fourth-order valence-corrected chi connectivity index (χ4v) is 3.41. The highest BCUT2D eigenvalue weighted by Gasteiger charge is 2.31. The summed E-state index contributed by atoms with van der Waals surface area (Å²) >= 11 is 0. The van der Waals surface area contributed by atoms with Crippen LogP contribution in [0.1, 0.15) is 26.2 Å². The van der Waals surface area contributed by atoms with E-state index in [1.807, 2.05) is 23.1 Å². The van der Waals surface area contributed by atoms with Crippen LogP contribution in [0.15, 0.2) is 23.5 Å². The smallest absolute Gasteiger partial charge is 0.191 e. The molecule has 2 N–H and O–H groups in total. The highest BCUT2D eigenvalue weighted by molar-refractivity contribution is 14.0. The lowest BCUT2D eigenvalue weighted by molar-refractivity contribution is -0.0432. The number of nitrogens with zero attached hydrogens (tertiary/aromatic N) is 4. The third kappa shape index (κ3) is 6.41. The summed E-state index contributed by atoms with van der Waals surface area (Å²) in [6.07, 6.45) is 7.64. The summed E-state index contributed by atoms with van der Waals surface area (Å²) in [6, 6.07) is 2.60. The molecule has 7 nitrogen and oxygen atoms in total. The number of ether oxygens (including phenoxy) is 1. The molecule has 2 fully saturated rings. The average Bonchev–Trinajstić information content (AvgIpc) is 3.27. The summed E-state index contributed by atoms with van der Waals surface area (Å²) < 4.78 is 7.93. The van der Waals surface area contributed by atoms with Gasteiger partial charge in [0.1, 0.15) is 0 Å². The molecule has 1 aromatic rings. The molecule has 0 aliphatic carbocycles. The molecule has 3 rings (SSSR count). The average molecular weight is 462 g/mol. The molecule has 2 aliphatic rings. The van der Waals surface area contributed by atoms with Gasteiger partial charge < -0.3 is 15.4 Å². The Morgan fingerprint density at radius 2 is 2.32 bits per heavy atom. The van der Waals surface area contributed by atoms with E-state index < -0.39 is 0 Å². The van der Waals surface area contributed by atoms with Crippen LogP contribution >= 0.6 is 24.0 Å². The number of guanidine groups is 1. The predicted molar refractivity (Wildman–Crippen MR) is 111 cm³/mol. The molecule has 142 valence electrons. The molecule has 0 spiro atoms. The standard InChI is InChI=1S/C17H30N6O.HI/c1-2-18-17(19-7-4-10-23-11-5-8-21-23)20-12-16-13-22-9-3-6-15(22)14-24-16;/h5,8,11,15-16H,2-4,6-7,9-10,12-14H2,1H3,(H2,18,19,20);1H. The van der Waals surface area contributed by atoms with Gasteiger partial charge in [-0.25, -0.2) is 0 Å². The Kier molecular flexibility index (Phi) is 8.97. The molecule has 2 atom stereocenters. The van der Waals surface area contributed by atoms with Gasteiger partial charge in [-0.05, 0) is 38.8 Å². The van der Waals surface area contributed by atoms with Crippen LogP contribution in [0.3, 0.4) is 0 Å². The summed E-state index contributed by atoms with van der Waals surface area (Å²) in [7, 11) is 0. The molecule has 2 aliphatic heterocycles. The largest absolute Gasteiger partial charge is 0.373 e. The summed E-state index contributed by atoms with van der Waals surface area (Å²) in [5.74, 6) is 0.880. The Morgan fingerprint density at radius 3 is 3.12 bits per heavy atom. The van der Waals surface area contributed by atoms with Gasteiger partial charge in [-0.1, -0.05) is 0 Å². The fraction of sp³-hybridized carbons (Fsp3) is 0.765. The molecule has 2 saturated heterocycles. The molecular weight excluding hydrogens is 431 g/mol. The van der Waals surface area contributed by atoms with Crippen LogP contribution in [0.2, 0.25) is 0 Å². The Labute approximate surface area is 167 Å². The lowest BCUT2D eigenvalue weighted by Gasteiger charge is -2.34. The Bertz CT molecular complexity index is 509. The van der Waals surface area contributed by atoms with Gasteiger partial charge in [-0.2, -0.15) is 5.10 Å². The molecule has 25 heavy (non-hydrogen) atoms. The zero-order valence-corrected chi connectivity index (χ0v) is 17.4. The van der Waals surface area contributed by atoms with Crippen LogP contribution in [0.4, 0.5) is 0 Å². The van der Waals surface area contributed by atoms with Crippen LogP contribution in [-0.2, 0) is 11.3 Å². The fourth-order valence-electron chi connectivity index (χ4n) is 3.41. The maximum atomic E-state index is 5.98. The second kappa shape index (κ2) is 11.0. The zero-order chi connectivity index (χ0) is 16.6. The number of aryl methyl sites for hydroxylation is 1. The number of fused-ring (bicyclic) bond motifs is 1. The van der Waals surface area contributed by atoms with E-state index in [1.165, 1.54) is 19.4 Å². The van der Waals surface area contributed by atoms with E-state index in [0.29, 0.717) is 6.04 Å².